The molecule has 262 valence electrons. The number of nitrogens with zero attached hydrogens (tertiary/aromatic N) is 3. The van der Waals surface area contributed by atoms with E-state index in [-0.39, 0.29) is 22.5 Å². The van der Waals surface area contributed by atoms with Crippen molar-refractivity contribution < 1.29 is 0 Å². The van der Waals surface area contributed by atoms with Gasteiger partial charge in [0, 0.05) is 46.8 Å². The highest BCUT2D eigenvalue weighted by atomic mass is 35.5. The van der Waals surface area contributed by atoms with Crippen molar-refractivity contribution in [3.05, 3.63) is 92.1 Å². The minimum atomic E-state index is -0.301. The molecule has 0 amide bonds. The van der Waals surface area contributed by atoms with Crippen LogP contribution in [0.25, 0.3) is 16.7 Å². The lowest BCUT2D eigenvalue weighted by atomic mass is 9.84. The van der Waals surface area contributed by atoms with E-state index in [1.54, 1.807) is 4.57 Å². The topological polar surface area (TPSA) is 153 Å². The fourth-order valence-electron chi connectivity index (χ4n) is 5.33. The van der Waals surface area contributed by atoms with E-state index in [0.717, 1.165) is 72.5 Å². The molecular weight excluding hydrogens is 620 g/mol. The first-order valence-electron chi connectivity index (χ1n) is 17.0. The van der Waals surface area contributed by atoms with Gasteiger partial charge < -0.3 is 27.5 Å². The minimum absolute atomic E-state index is 0.0352. The largest absolute Gasteiger partial charge is 0.370 e. The number of nitrogens with one attached hydrogen (secondary N) is 2. The second-order valence-electron chi connectivity index (χ2n) is 14.7. The van der Waals surface area contributed by atoms with Crippen LogP contribution in [-0.2, 0) is 30.2 Å². The molecule has 0 saturated carbocycles. The number of aromatic nitrogens is 3. The number of hydrogen-bond acceptors (Lipinski definition) is 5. The lowest BCUT2D eigenvalue weighted by Crippen LogP contribution is -2.23. The summed E-state index contributed by atoms with van der Waals surface area (Å²) < 4.78 is 1.58. The van der Waals surface area contributed by atoms with Crippen molar-refractivity contribution in [2.24, 2.45) is 22.2 Å². The third-order valence-electron chi connectivity index (χ3n) is 8.19. The molecular formula is C38H57ClN8O. The van der Waals surface area contributed by atoms with Gasteiger partial charge in [0.05, 0.1) is 5.69 Å². The molecule has 9 nitrogen and oxygen atoms in total. The average Bonchev–Trinajstić information content (AvgIpc) is 3.43. The van der Waals surface area contributed by atoms with Crippen LogP contribution in [0.3, 0.4) is 0 Å². The van der Waals surface area contributed by atoms with Gasteiger partial charge in [-0.1, -0.05) is 84.3 Å². The van der Waals surface area contributed by atoms with E-state index in [9.17, 15) is 4.79 Å². The summed E-state index contributed by atoms with van der Waals surface area (Å²) in [4.78, 5) is 23.9. The first-order chi connectivity index (χ1) is 22.5. The molecule has 8 N–H and O–H groups in total. The molecule has 4 rings (SSSR count). The molecule has 0 spiro atoms. The van der Waals surface area contributed by atoms with Crippen LogP contribution in [0.15, 0.2) is 58.4 Å². The number of aliphatic imine (C=N–C) groups is 1. The summed E-state index contributed by atoms with van der Waals surface area (Å²) in [7, 11) is 0. The van der Waals surface area contributed by atoms with Gasteiger partial charge >= 0.3 is 5.69 Å². The predicted octanol–water partition coefficient (Wildman–Crippen LogP) is 6.63. The monoisotopic (exact) mass is 676 g/mol. The van der Waals surface area contributed by atoms with Crippen LogP contribution >= 0.6 is 11.6 Å². The maximum Gasteiger partial charge on any atom is 0.354 e. The molecule has 4 aromatic rings. The molecule has 0 aliphatic rings. The Balaban J connectivity index is 0.000000286. The van der Waals surface area contributed by atoms with Gasteiger partial charge in [0.25, 0.3) is 0 Å². The molecule has 2 heterocycles. The van der Waals surface area contributed by atoms with Crippen molar-refractivity contribution in [3.8, 4) is 5.69 Å². The molecule has 1 atom stereocenters. The van der Waals surface area contributed by atoms with Crippen LogP contribution < -0.4 is 28.2 Å². The van der Waals surface area contributed by atoms with Crippen LogP contribution in [-0.4, -0.2) is 39.6 Å². The molecule has 0 radical (unpaired) electrons. The van der Waals surface area contributed by atoms with Crippen LogP contribution in [0.5, 0.6) is 0 Å². The Hall–Kier alpha value is -3.66. The zero-order valence-corrected chi connectivity index (χ0v) is 31.0. The summed E-state index contributed by atoms with van der Waals surface area (Å²) in [6, 6.07) is 14.8. The second-order valence-corrected chi connectivity index (χ2v) is 15.1. The zero-order chi connectivity index (χ0) is 35.6. The summed E-state index contributed by atoms with van der Waals surface area (Å²) in [5, 5.41) is 5.22. The zero-order valence-electron chi connectivity index (χ0n) is 30.2. The summed E-state index contributed by atoms with van der Waals surface area (Å²) in [5.74, 6) is 0.123. The maximum absolute atomic E-state index is 12.5. The van der Waals surface area contributed by atoms with Crippen LogP contribution in [0, 0.1) is 0 Å². The van der Waals surface area contributed by atoms with E-state index in [1.807, 2.05) is 30.5 Å². The molecule has 48 heavy (non-hydrogen) atoms. The van der Waals surface area contributed by atoms with Gasteiger partial charge in [-0.15, -0.1) is 0 Å². The Morgan fingerprint density at radius 1 is 1.02 bits per heavy atom. The predicted molar refractivity (Wildman–Crippen MR) is 204 cm³/mol. The minimum Gasteiger partial charge on any atom is -0.370 e. The van der Waals surface area contributed by atoms with Crippen LogP contribution in [0.4, 0.5) is 0 Å². The molecule has 10 heteroatoms. The number of fused-ring (bicyclic) bond motifs is 1. The fourth-order valence-corrected chi connectivity index (χ4v) is 5.85. The highest BCUT2D eigenvalue weighted by molar-refractivity contribution is 6.32. The van der Waals surface area contributed by atoms with Crippen molar-refractivity contribution in [1.82, 2.24) is 19.9 Å². The fraction of sp³-hybridized carbons (Fsp3) is 0.500. The van der Waals surface area contributed by atoms with Crippen molar-refractivity contribution in [3.63, 3.8) is 0 Å². The molecule has 0 saturated heterocycles. The van der Waals surface area contributed by atoms with Crippen LogP contribution in [0.2, 0.25) is 5.02 Å². The van der Waals surface area contributed by atoms with Gasteiger partial charge in [0.2, 0.25) is 0 Å². The van der Waals surface area contributed by atoms with Gasteiger partial charge in [-0.2, -0.15) is 4.98 Å². The van der Waals surface area contributed by atoms with Crippen molar-refractivity contribution in [2.45, 2.75) is 111 Å². The highest BCUT2D eigenvalue weighted by Crippen LogP contribution is 2.34. The first-order valence-corrected chi connectivity index (χ1v) is 17.4. The molecule has 2 aromatic heterocycles. The van der Waals surface area contributed by atoms with Crippen molar-refractivity contribution in [1.29, 1.82) is 0 Å². The smallest absolute Gasteiger partial charge is 0.354 e. The van der Waals surface area contributed by atoms with E-state index in [1.165, 1.54) is 16.7 Å². The van der Waals surface area contributed by atoms with Gasteiger partial charge in [0.15, 0.2) is 5.96 Å². The van der Waals surface area contributed by atoms with Crippen molar-refractivity contribution in [2.75, 3.05) is 13.1 Å². The number of benzene rings is 2. The normalized spacial score (nSPS) is 12.5. The Bertz CT molecular complexity index is 1700. The van der Waals surface area contributed by atoms with Crippen LogP contribution in [0.1, 0.15) is 103 Å². The summed E-state index contributed by atoms with van der Waals surface area (Å²) in [6.07, 6.45) is 7.01. The third kappa shape index (κ3) is 11.5. The quantitative estimate of drug-likeness (QED) is 0.0645. The summed E-state index contributed by atoms with van der Waals surface area (Å²) in [5.41, 5.74) is 23.7. The number of nitrogens with two attached hydrogens (primary N) is 3. The molecule has 0 bridgehead atoms. The SMILES string of the molecule is CC(C)(C)c1cc2cn(-c3ccc(CNCCCN=C(N)N)cc3)c(=O)nc2[nH]1.CCc1cc(CCC[C@H](C)N)cc(C(C)(C)C)c1Cl. The third-order valence-corrected chi connectivity index (χ3v) is 8.63. The average molecular weight is 677 g/mol. The van der Waals surface area contributed by atoms with Gasteiger partial charge in [0.1, 0.15) is 5.65 Å². The number of guanidine groups is 1. The highest BCUT2D eigenvalue weighted by Gasteiger charge is 2.20. The molecule has 0 fully saturated rings. The second kappa shape index (κ2) is 17.1. The van der Waals surface area contributed by atoms with E-state index >= 15 is 0 Å². The number of halogens is 1. The number of H-pyrrole nitrogens is 1. The van der Waals surface area contributed by atoms with E-state index in [4.69, 9.17) is 28.8 Å². The Morgan fingerprint density at radius 3 is 2.29 bits per heavy atom. The number of hydrogen-bond donors (Lipinski definition) is 5. The summed E-state index contributed by atoms with van der Waals surface area (Å²) >= 11 is 6.53. The number of aromatic amines is 1. The van der Waals surface area contributed by atoms with E-state index in [2.05, 4.69) is 93.9 Å². The van der Waals surface area contributed by atoms with Gasteiger partial charge in [-0.05, 0) is 91.4 Å². The Morgan fingerprint density at radius 2 is 1.71 bits per heavy atom. The number of aryl methyl sites for hydroxylation is 2. The van der Waals surface area contributed by atoms with E-state index in [0.29, 0.717) is 18.2 Å². The summed E-state index contributed by atoms with van der Waals surface area (Å²) in [6.45, 7) is 19.4. The lowest BCUT2D eigenvalue weighted by Gasteiger charge is -2.23. The van der Waals surface area contributed by atoms with Crippen molar-refractivity contribution >= 4 is 28.6 Å². The standard InChI is InChI=1S/C21H29N7O.C17H28ClN/c1-21(2,3)17-11-15-13-28(20(29)27-18(15)26-17)16-7-5-14(6-8-16)12-24-9-4-10-25-19(22)23;1-6-14-10-13(9-7-8-12(2)19)11-15(16(14)18)17(3,4)5/h5-8,11,13,24H,4,9-10,12H2,1-3H3,(H4,22,23,25)(H,26,27,29);10-12H,6-9,19H2,1-5H3/t;12-/m.0/s1. The lowest BCUT2D eigenvalue weighted by molar-refractivity contribution is 0.574. The first kappa shape index (κ1) is 38.8. The Labute approximate surface area is 291 Å². The molecule has 0 aliphatic carbocycles. The molecule has 0 unspecified atom stereocenters. The Kier molecular flexibility index (Phi) is 13.8. The molecule has 2 aromatic carbocycles. The van der Waals surface area contributed by atoms with Gasteiger partial charge in [-0.3, -0.25) is 9.56 Å². The molecule has 0 aliphatic heterocycles. The number of rotatable bonds is 12. The van der Waals surface area contributed by atoms with E-state index < -0.39 is 0 Å². The maximum atomic E-state index is 12.5. The van der Waals surface area contributed by atoms with Gasteiger partial charge in [-0.25, -0.2) is 4.79 Å².